The number of carbonyl (C=O) groups excluding carboxylic acids is 3. The van der Waals surface area contributed by atoms with Crippen LogP contribution in [0.2, 0.25) is 0 Å². The number of Topliss-reactive ketones (excluding diaryl/α,β-unsaturated/α-hetero) is 1. The van der Waals surface area contributed by atoms with Gasteiger partial charge in [0.25, 0.3) is 0 Å². The first-order valence-electron chi connectivity index (χ1n) is 11.4. The second-order valence-electron chi connectivity index (χ2n) is 8.77. The molecule has 1 aromatic heterocycles. The van der Waals surface area contributed by atoms with Crippen LogP contribution in [0.3, 0.4) is 0 Å². The van der Waals surface area contributed by atoms with E-state index in [4.69, 9.17) is 14.2 Å². The number of hydrogen-bond acceptors (Lipinski definition) is 6. The number of rotatable bonds is 6. The molecule has 0 atom stereocenters. The Labute approximate surface area is 193 Å². The molecule has 1 N–H and O–H groups in total. The Morgan fingerprint density at radius 1 is 1.03 bits per heavy atom. The topological polar surface area (TPSA) is 95.9 Å². The molecule has 0 spiro atoms. The van der Waals surface area contributed by atoms with Gasteiger partial charge in [-0.3, -0.25) is 9.59 Å². The van der Waals surface area contributed by atoms with Crippen LogP contribution in [0, 0.1) is 13.8 Å². The van der Waals surface area contributed by atoms with E-state index in [2.05, 4.69) is 5.32 Å². The summed E-state index contributed by atoms with van der Waals surface area (Å²) in [5, 5.41) is 2.78. The summed E-state index contributed by atoms with van der Waals surface area (Å²) in [7, 11) is 0. The monoisotopic (exact) mass is 454 g/mol. The SMILES string of the molecule is CC(=O)NC1(C(=O)OCC(=O)c2cc(C)n(-c3ccc4c(c3)OCCO4)c2C)CCCCC1. The number of nitrogens with zero attached hydrogens (tertiary/aromatic N) is 1. The minimum atomic E-state index is -1.04. The molecule has 8 heteroatoms. The van der Waals surface area contributed by atoms with Crippen LogP contribution in [0.4, 0.5) is 0 Å². The van der Waals surface area contributed by atoms with E-state index in [1.807, 2.05) is 36.6 Å². The Hall–Kier alpha value is -3.29. The summed E-state index contributed by atoms with van der Waals surface area (Å²) >= 11 is 0. The highest BCUT2D eigenvalue weighted by molar-refractivity contribution is 6.00. The van der Waals surface area contributed by atoms with Gasteiger partial charge in [-0.1, -0.05) is 19.3 Å². The van der Waals surface area contributed by atoms with Gasteiger partial charge in [0.05, 0.1) is 0 Å². The minimum absolute atomic E-state index is 0.275. The number of ketones is 1. The lowest BCUT2D eigenvalue weighted by molar-refractivity contribution is -0.154. The fraction of sp³-hybridized carbons (Fsp3) is 0.480. The van der Waals surface area contributed by atoms with Crippen LogP contribution in [0.5, 0.6) is 11.5 Å². The molecule has 2 aromatic rings. The zero-order valence-corrected chi connectivity index (χ0v) is 19.4. The third kappa shape index (κ3) is 4.60. The Balaban J connectivity index is 1.50. The average Bonchev–Trinajstić information content (AvgIpc) is 3.10. The molecule has 1 fully saturated rings. The van der Waals surface area contributed by atoms with Crippen LogP contribution in [-0.4, -0.2) is 47.6 Å². The van der Waals surface area contributed by atoms with Gasteiger partial charge in [-0.2, -0.15) is 0 Å². The average molecular weight is 455 g/mol. The molecule has 1 amide bonds. The van der Waals surface area contributed by atoms with Gasteiger partial charge < -0.3 is 24.1 Å². The van der Waals surface area contributed by atoms with E-state index in [1.165, 1.54) is 6.92 Å². The van der Waals surface area contributed by atoms with Crippen LogP contribution >= 0.6 is 0 Å². The Bertz CT molecular complexity index is 1080. The normalized spacial score (nSPS) is 16.7. The first-order valence-corrected chi connectivity index (χ1v) is 11.4. The van der Waals surface area contributed by atoms with Crippen molar-refractivity contribution in [3.8, 4) is 17.2 Å². The summed E-state index contributed by atoms with van der Waals surface area (Å²) in [6.45, 7) is 5.82. The molecule has 0 radical (unpaired) electrons. The van der Waals surface area contributed by atoms with Gasteiger partial charge in [0, 0.05) is 35.6 Å². The predicted molar refractivity (Wildman–Crippen MR) is 121 cm³/mol. The maximum absolute atomic E-state index is 13.0. The van der Waals surface area contributed by atoms with Crippen molar-refractivity contribution in [3.05, 3.63) is 41.2 Å². The maximum atomic E-state index is 13.0. The van der Waals surface area contributed by atoms with Crippen molar-refractivity contribution in [1.29, 1.82) is 0 Å². The fourth-order valence-electron chi connectivity index (χ4n) is 4.83. The second-order valence-corrected chi connectivity index (χ2v) is 8.77. The van der Waals surface area contributed by atoms with Crippen molar-refractivity contribution in [2.75, 3.05) is 19.8 Å². The number of aromatic nitrogens is 1. The molecule has 2 aliphatic rings. The van der Waals surface area contributed by atoms with Gasteiger partial charge in [0.15, 0.2) is 18.1 Å². The van der Waals surface area contributed by atoms with Crippen LogP contribution < -0.4 is 14.8 Å². The number of esters is 1. The maximum Gasteiger partial charge on any atom is 0.332 e. The van der Waals surface area contributed by atoms with Crippen molar-refractivity contribution < 1.29 is 28.6 Å². The zero-order valence-electron chi connectivity index (χ0n) is 19.4. The molecule has 176 valence electrons. The molecule has 1 aromatic carbocycles. The van der Waals surface area contributed by atoms with Gasteiger partial charge in [-0.25, -0.2) is 4.79 Å². The van der Waals surface area contributed by atoms with E-state index < -0.39 is 11.5 Å². The number of benzene rings is 1. The molecule has 0 saturated heterocycles. The highest BCUT2D eigenvalue weighted by atomic mass is 16.6. The molecule has 1 aliphatic carbocycles. The van der Waals surface area contributed by atoms with E-state index in [1.54, 1.807) is 6.07 Å². The molecule has 4 rings (SSSR count). The second kappa shape index (κ2) is 9.29. The fourth-order valence-corrected chi connectivity index (χ4v) is 4.83. The van der Waals surface area contributed by atoms with Crippen LogP contribution in [0.25, 0.3) is 5.69 Å². The largest absolute Gasteiger partial charge is 0.486 e. The third-order valence-corrected chi connectivity index (χ3v) is 6.36. The molecule has 1 aliphatic heterocycles. The van der Waals surface area contributed by atoms with Gasteiger partial charge in [0.2, 0.25) is 11.7 Å². The lowest BCUT2D eigenvalue weighted by Crippen LogP contribution is -2.56. The van der Waals surface area contributed by atoms with Crippen LogP contribution in [-0.2, 0) is 14.3 Å². The predicted octanol–water partition coefficient (Wildman–Crippen LogP) is 3.43. The summed E-state index contributed by atoms with van der Waals surface area (Å²) in [6.07, 6.45) is 3.73. The molecule has 0 unspecified atom stereocenters. The Morgan fingerprint density at radius 3 is 2.42 bits per heavy atom. The summed E-state index contributed by atoms with van der Waals surface area (Å²) < 4.78 is 18.7. The van der Waals surface area contributed by atoms with E-state index in [0.29, 0.717) is 43.1 Å². The van der Waals surface area contributed by atoms with Crippen molar-refractivity contribution >= 4 is 17.7 Å². The van der Waals surface area contributed by atoms with E-state index in [0.717, 1.165) is 36.3 Å². The number of carbonyl (C=O) groups is 3. The highest BCUT2D eigenvalue weighted by Gasteiger charge is 2.42. The number of amides is 1. The number of nitrogens with one attached hydrogen (secondary N) is 1. The highest BCUT2D eigenvalue weighted by Crippen LogP contribution is 2.34. The van der Waals surface area contributed by atoms with Gasteiger partial charge in [-0.15, -0.1) is 0 Å². The Morgan fingerprint density at radius 2 is 1.73 bits per heavy atom. The zero-order chi connectivity index (χ0) is 23.6. The first-order chi connectivity index (χ1) is 15.8. The van der Waals surface area contributed by atoms with Crippen LogP contribution in [0.15, 0.2) is 24.3 Å². The molecule has 0 bridgehead atoms. The third-order valence-electron chi connectivity index (χ3n) is 6.36. The Kier molecular flexibility index (Phi) is 6.44. The molecule has 1 saturated carbocycles. The lowest BCUT2D eigenvalue weighted by atomic mass is 9.81. The van der Waals surface area contributed by atoms with E-state index in [9.17, 15) is 14.4 Å². The van der Waals surface area contributed by atoms with Crippen molar-refractivity contribution in [2.45, 2.75) is 58.4 Å². The minimum Gasteiger partial charge on any atom is -0.486 e. The van der Waals surface area contributed by atoms with Gasteiger partial charge in [-0.05, 0) is 44.9 Å². The molecular weight excluding hydrogens is 424 g/mol. The smallest absolute Gasteiger partial charge is 0.332 e. The summed E-state index contributed by atoms with van der Waals surface area (Å²) in [5.41, 5.74) is 1.94. The van der Waals surface area contributed by atoms with Crippen molar-refractivity contribution in [2.24, 2.45) is 0 Å². The number of ether oxygens (including phenoxy) is 3. The molecule has 2 heterocycles. The standard InChI is InChI=1S/C25H30N2O6/c1-16-13-20(17(2)27(16)19-7-8-22-23(14-19)32-12-11-31-22)21(29)15-33-24(30)25(26-18(3)28)9-5-4-6-10-25/h7-8,13-14H,4-6,9-12,15H2,1-3H3,(H,26,28). The number of fused-ring (bicyclic) bond motifs is 1. The molecular formula is C25H30N2O6. The summed E-state index contributed by atoms with van der Waals surface area (Å²) in [4.78, 5) is 37.6. The molecule has 8 nitrogen and oxygen atoms in total. The lowest BCUT2D eigenvalue weighted by Gasteiger charge is -2.35. The number of hydrogen-bond donors (Lipinski definition) is 1. The van der Waals surface area contributed by atoms with Crippen molar-refractivity contribution in [1.82, 2.24) is 9.88 Å². The first kappa shape index (κ1) is 22.9. The number of aryl methyl sites for hydroxylation is 1. The molecule has 33 heavy (non-hydrogen) atoms. The van der Waals surface area contributed by atoms with E-state index >= 15 is 0 Å². The summed E-state index contributed by atoms with van der Waals surface area (Å²) in [6, 6.07) is 7.47. The van der Waals surface area contributed by atoms with Gasteiger partial charge >= 0.3 is 5.97 Å². The van der Waals surface area contributed by atoms with Gasteiger partial charge in [0.1, 0.15) is 18.8 Å². The van der Waals surface area contributed by atoms with Crippen LogP contribution in [0.1, 0.15) is 60.8 Å². The van der Waals surface area contributed by atoms with E-state index in [-0.39, 0.29) is 18.3 Å². The van der Waals surface area contributed by atoms with Crippen molar-refractivity contribution in [3.63, 3.8) is 0 Å². The summed E-state index contributed by atoms with van der Waals surface area (Å²) in [5.74, 6) is 0.277. The quantitative estimate of drug-likeness (QED) is 0.531.